The lowest BCUT2D eigenvalue weighted by Crippen LogP contribution is -2.45. The van der Waals surface area contributed by atoms with E-state index in [-0.39, 0.29) is 11.9 Å². The molecular weight excluding hydrogens is 304 g/mol. The van der Waals surface area contributed by atoms with Crippen LogP contribution in [-0.2, 0) is 9.53 Å². The van der Waals surface area contributed by atoms with Gasteiger partial charge in [0, 0.05) is 31.4 Å². The number of hydrogen-bond donors (Lipinski definition) is 2. The molecule has 0 aliphatic carbocycles. The molecule has 24 heavy (non-hydrogen) atoms. The van der Waals surface area contributed by atoms with Crippen molar-refractivity contribution in [2.45, 2.75) is 26.3 Å². The monoisotopic (exact) mass is 332 g/mol. The molecule has 2 unspecified atom stereocenters. The zero-order valence-corrected chi connectivity index (χ0v) is 14.8. The molecule has 2 rings (SSSR count). The number of anilines is 1. The maximum Gasteiger partial charge on any atom is 0.310 e. The molecule has 6 heteroatoms. The normalized spacial score (nSPS) is 19.0. The number of nitrogens with zero attached hydrogens (tertiary/aromatic N) is 2. The summed E-state index contributed by atoms with van der Waals surface area (Å²) < 4.78 is 4.75. The van der Waals surface area contributed by atoms with Crippen LogP contribution in [0.25, 0.3) is 0 Å². The van der Waals surface area contributed by atoms with Gasteiger partial charge in [-0.25, -0.2) is 0 Å². The van der Waals surface area contributed by atoms with Gasteiger partial charge in [-0.3, -0.25) is 9.79 Å². The van der Waals surface area contributed by atoms with Crippen LogP contribution < -0.4 is 15.5 Å². The first-order chi connectivity index (χ1) is 11.6. The molecule has 0 amide bonds. The molecule has 2 atom stereocenters. The highest BCUT2D eigenvalue weighted by Crippen LogP contribution is 2.19. The number of rotatable bonds is 6. The first kappa shape index (κ1) is 18.1. The van der Waals surface area contributed by atoms with Gasteiger partial charge in [0.05, 0.1) is 19.6 Å². The summed E-state index contributed by atoms with van der Waals surface area (Å²) in [6.07, 6.45) is 1.06. The number of aliphatic imine (C=N–C) groups is 1. The maximum atomic E-state index is 11.5. The highest BCUT2D eigenvalue weighted by molar-refractivity contribution is 5.81. The molecule has 1 heterocycles. The molecule has 1 aromatic rings. The fourth-order valence-corrected chi connectivity index (χ4v) is 2.77. The number of methoxy groups -OCH3 is 1. The van der Waals surface area contributed by atoms with Crippen molar-refractivity contribution in [3.63, 3.8) is 0 Å². The van der Waals surface area contributed by atoms with Gasteiger partial charge in [0.1, 0.15) is 0 Å². The lowest BCUT2D eigenvalue weighted by atomic mass is 10.2. The Balaban J connectivity index is 1.90. The van der Waals surface area contributed by atoms with Crippen LogP contribution in [0.3, 0.4) is 0 Å². The van der Waals surface area contributed by atoms with E-state index in [2.05, 4.69) is 44.8 Å². The summed E-state index contributed by atoms with van der Waals surface area (Å²) in [6.45, 7) is 7.03. The molecule has 6 nitrogen and oxygen atoms in total. The minimum absolute atomic E-state index is 0.231. The van der Waals surface area contributed by atoms with Gasteiger partial charge < -0.3 is 20.3 Å². The minimum atomic E-state index is -0.241. The zero-order valence-electron chi connectivity index (χ0n) is 14.8. The molecule has 0 spiro atoms. The van der Waals surface area contributed by atoms with E-state index in [9.17, 15) is 4.79 Å². The van der Waals surface area contributed by atoms with Crippen LogP contribution in [0.15, 0.2) is 35.3 Å². The van der Waals surface area contributed by atoms with E-state index in [4.69, 9.17) is 4.74 Å². The molecule has 0 bridgehead atoms. The molecule has 1 aliphatic rings. The minimum Gasteiger partial charge on any atom is -0.469 e. The van der Waals surface area contributed by atoms with Crippen LogP contribution in [0.4, 0.5) is 5.69 Å². The largest absolute Gasteiger partial charge is 0.469 e. The van der Waals surface area contributed by atoms with Gasteiger partial charge in [-0.15, -0.1) is 0 Å². The third kappa shape index (κ3) is 5.15. The number of esters is 1. The van der Waals surface area contributed by atoms with Crippen molar-refractivity contribution >= 4 is 17.6 Å². The van der Waals surface area contributed by atoms with Crippen LogP contribution in [0.5, 0.6) is 0 Å². The number of guanidine groups is 1. The van der Waals surface area contributed by atoms with Crippen LogP contribution in [0.1, 0.15) is 20.3 Å². The Morgan fingerprint density at radius 2 is 2.17 bits per heavy atom. The molecule has 1 aliphatic heterocycles. The molecule has 1 saturated heterocycles. The number of carbonyl (C=O) groups excluding carboxylic acids is 1. The first-order valence-electron chi connectivity index (χ1n) is 8.56. The molecule has 1 fully saturated rings. The standard InChI is InChI=1S/C18H28N4O2/c1-4-19-18(20-12-14(2)17(23)24-3)21-15-10-11-22(13-15)16-8-6-5-7-9-16/h5-9,14-15H,4,10-13H2,1-3H3,(H2,19,20,21). The average Bonchev–Trinajstić information content (AvgIpc) is 3.08. The number of nitrogens with one attached hydrogen (secondary N) is 2. The highest BCUT2D eigenvalue weighted by Gasteiger charge is 2.23. The number of para-hydroxylation sites is 1. The Morgan fingerprint density at radius 1 is 1.42 bits per heavy atom. The number of carbonyl (C=O) groups is 1. The predicted molar refractivity (Wildman–Crippen MR) is 97.4 cm³/mol. The quantitative estimate of drug-likeness (QED) is 0.471. The van der Waals surface area contributed by atoms with Crippen LogP contribution in [-0.4, -0.2) is 51.3 Å². The molecule has 132 valence electrons. The van der Waals surface area contributed by atoms with E-state index in [1.807, 2.05) is 19.9 Å². The fourth-order valence-electron chi connectivity index (χ4n) is 2.77. The summed E-state index contributed by atoms with van der Waals surface area (Å²) in [5.41, 5.74) is 1.25. The van der Waals surface area contributed by atoms with E-state index >= 15 is 0 Å². The lowest BCUT2D eigenvalue weighted by molar-refractivity contribution is -0.144. The Bertz CT molecular complexity index is 547. The summed E-state index contributed by atoms with van der Waals surface area (Å²) in [6, 6.07) is 10.8. The molecule has 0 aromatic heterocycles. The van der Waals surface area contributed by atoms with Gasteiger partial charge >= 0.3 is 5.97 Å². The second-order valence-electron chi connectivity index (χ2n) is 6.06. The van der Waals surface area contributed by atoms with E-state index in [1.54, 1.807) is 0 Å². The van der Waals surface area contributed by atoms with E-state index < -0.39 is 0 Å². The van der Waals surface area contributed by atoms with Crippen molar-refractivity contribution < 1.29 is 9.53 Å². The number of hydrogen-bond acceptors (Lipinski definition) is 4. The van der Waals surface area contributed by atoms with Gasteiger partial charge in [0.25, 0.3) is 0 Å². The molecule has 1 aromatic carbocycles. The number of ether oxygens (including phenoxy) is 1. The fraction of sp³-hybridized carbons (Fsp3) is 0.556. The van der Waals surface area contributed by atoms with Crippen molar-refractivity contribution in [1.82, 2.24) is 10.6 Å². The van der Waals surface area contributed by atoms with Crippen LogP contribution in [0, 0.1) is 5.92 Å². The summed E-state index contributed by atoms with van der Waals surface area (Å²) in [7, 11) is 1.41. The summed E-state index contributed by atoms with van der Waals surface area (Å²) >= 11 is 0. The van der Waals surface area contributed by atoms with E-state index in [0.717, 1.165) is 32.0 Å². The van der Waals surface area contributed by atoms with Crippen molar-refractivity contribution in [3.05, 3.63) is 30.3 Å². The highest BCUT2D eigenvalue weighted by atomic mass is 16.5. The Hall–Kier alpha value is -2.24. The van der Waals surface area contributed by atoms with Crippen LogP contribution in [0.2, 0.25) is 0 Å². The van der Waals surface area contributed by atoms with Crippen LogP contribution >= 0.6 is 0 Å². The first-order valence-corrected chi connectivity index (χ1v) is 8.56. The Labute approximate surface area is 144 Å². The van der Waals surface area contributed by atoms with Gasteiger partial charge in [0.2, 0.25) is 0 Å². The molecular formula is C18H28N4O2. The van der Waals surface area contributed by atoms with E-state index in [0.29, 0.717) is 12.6 Å². The van der Waals surface area contributed by atoms with Crippen molar-refractivity contribution in [3.8, 4) is 0 Å². The molecule has 0 radical (unpaired) electrons. The second kappa shape index (κ2) is 9.15. The summed E-state index contributed by atoms with van der Waals surface area (Å²) in [5.74, 6) is 0.286. The summed E-state index contributed by atoms with van der Waals surface area (Å²) in [5, 5.41) is 6.72. The SMILES string of the molecule is CCNC(=NCC(C)C(=O)OC)NC1CCN(c2ccccc2)C1. The third-order valence-corrected chi connectivity index (χ3v) is 4.12. The zero-order chi connectivity index (χ0) is 17.4. The lowest BCUT2D eigenvalue weighted by Gasteiger charge is -2.20. The maximum absolute atomic E-state index is 11.5. The van der Waals surface area contributed by atoms with Crippen molar-refractivity contribution in [1.29, 1.82) is 0 Å². The topological polar surface area (TPSA) is 66.0 Å². The second-order valence-corrected chi connectivity index (χ2v) is 6.06. The predicted octanol–water partition coefficient (Wildman–Crippen LogP) is 1.63. The van der Waals surface area contributed by atoms with Crippen molar-refractivity contribution in [2.24, 2.45) is 10.9 Å². The molecule has 0 saturated carbocycles. The van der Waals surface area contributed by atoms with Gasteiger partial charge in [0.15, 0.2) is 5.96 Å². The summed E-state index contributed by atoms with van der Waals surface area (Å²) in [4.78, 5) is 18.4. The third-order valence-electron chi connectivity index (χ3n) is 4.12. The van der Waals surface area contributed by atoms with E-state index in [1.165, 1.54) is 12.8 Å². The Kier molecular flexibility index (Phi) is 6.90. The average molecular weight is 332 g/mol. The van der Waals surface area contributed by atoms with Gasteiger partial charge in [-0.1, -0.05) is 25.1 Å². The smallest absolute Gasteiger partial charge is 0.310 e. The van der Waals surface area contributed by atoms with Crippen molar-refractivity contribution in [2.75, 3.05) is 38.2 Å². The van der Waals surface area contributed by atoms with Gasteiger partial charge in [-0.2, -0.15) is 0 Å². The Morgan fingerprint density at radius 3 is 2.83 bits per heavy atom. The number of benzene rings is 1. The van der Waals surface area contributed by atoms with Gasteiger partial charge in [-0.05, 0) is 25.5 Å². The molecule has 2 N–H and O–H groups in total.